The van der Waals surface area contributed by atoms with E-state index in [0.717, 1.165) is 27.6 Å². The minimum atomic E-state index is -0.411. The third kappa shape index (κ3) is 6.53. The van der Waals surface area contributed by atoms with Gasteiger partial charge in [-0.3, -0.25) is 10.3 Å². The van der Waals surface area contributed by atoms with Crippen molar-refractivity contribution in [1.29, 1.82) is 0 Å². The van der Waals surface area contributed by atoms with Crippen LogP contribution in [-0.4, -0.2) is 6.21 Å². The fraction of sp³-hybridized carbons (Fsp3) is 0.0364. The highest BCUT2D eigenvalue weighted by Crippen LogP contribution is 2.47. The summed E-state index contributed by atoms with van der Waals surface area (Å²) >= 11 is 0. The Morgan fingerprint density at radius 2 is 0.948 bits per heavy atom. The van der Waals surface area contributed by atoms with Crippen LogP contribution in [0.1, 0.15) is 29.0 Å². The number of nitrogens with one attached hydrogen (secondary N) is 1. The van der Waals surface area contributed by atoms with E-state index in [1.165, 1.54) is 65.5 Å². The van der Waals surface area contributed by atoms with Crippen molar-refractivity contribution in [2.24, 2.45) is 10.7 Å². The second-order valence-corrected chi connectivity index (χ2v) is 14.8. The first kappa shape index (κ1) is 35.3. The summed E-state index contributed by atoms with van der Waals surface area (Å²) in [6.07, 6.45) is 1.21. The van der Waals surface area contributed by atoms with Crippen LogP contribution < -0.4 is 11.1 Å². The van der Waals surface area contributed by atoms with Crippen LogP contribution >= 0.6 is 0 Å². The minimum Gasteiger partial charge on any atom is -0.312 e. The van der Waals surface area contributed by atoms with Gasteiger partial charge in [-0.05, 0) is 87.6 Å². The lowest BCUT2D eigenvalue weighted by Crippen LogP contribution is -2.31. The number of hydrogen-bond acceptors (Lipinski definition) is 3. The van der Waals surface area contributed by atoms with Gasteiger partial charge in [-0.15, -0.1) is 0 Å². The Morgan fingerprint density at radius 3 is 1.66 bits per heavy atom. The van der Waals surface area contributed by atoms with Gasteiger partial charge in [-0.1, -0.05) is 212 Å². The average Bonchev–Trinajstić information content (AvgIpc) is 3.30. The van der Waals surface area contributed by atoms with Gasteiger partial charge in [0.25, 0.3) is 0 Å². The van der Waals surface area contributed by atoms with Crippen molar-refractivity contribution in [2.45, 2.75) is 12.3 Å². The van der Waals surface area contributed by atoms with Gasteiger partial charge >= 0.3 is 0 Å². The highest BCUT2D eigenvalue weighted by Gasteiger charge is 2.21. The summed E-state index contributed by atoms with van der Waals surface area (Å²) in [6.45, 7) is 0. The van der Waals surface area contributed by atoms with Gasteiger partial charge in [0.15, 0.2) is 0 Å². The molecule has 2 atom stereocenters. The standard InChI is InChI=1S/C55H41N3/c56-54(41-21-8-3-9-22-41)58-55(42-30-28-38(29-31-42)37-16-4-1-5-17-37)57-36-43-33-34-49(46-25-13-12-23-44(43)46)53-48-27-15-14-26-47(48)51(40-19-6-2-7-20-40)50-35-32-39-18-10-11-24-45(39)52(50)53/h1-36,54-55,58H,56H2. The predicted octanol–water partition coefficient (Wildman–Crippen LogP) is 13.7. The summed E-state index contributed by atoms with van der Waals surface area (Å²) in [4.78, 5) is 5.25. The molecular weight excluding hydrogens is 703 g/mol. The highest BCUT2D eigenvalue weighted by molar-refractivity contribution is 6.29. The molecule has 2 unspecified atom stereocenters. The number of nitrogens with zero attached hydrogens (tertiary/aromatic N) is 1. The van der Waals surface area contributed by atoms with Crippen molar-refractivity contribution < 1.29 is 0 Å². The zero-order valence-corrected chi connectivity index (χ0v) is 32.0. The second-order valence-electron chi connectivity index (χ2n) is 14.8. The van der Waals surface area contributed by atoms with Gasteiger partial charge < -0.3 is 5.73 Å². The summed E-state index contributed by atoms with van der Waals surface area (Å²) in [5.74, 6) is 0. The molecule has 10 aromatic carbocycles. The molecule has 0 fully saturated rings. The van der Waals surface area contributed by atoms with E-state index < -0.39 is 6.17 Å². The molecular formula is C55H41N3. The molecule has 0 bridgehead atoms. The summed E-state index contributed by atoms with van der Waals surface area (Å²) in [6, 6.07) is 75.5. The molecule has 58 heavy (non-hydrogen) atoms. The van der Waals surface area contributed by atoms with Crippen LogP contribution in [0.2, 0.25) is 0 Å². The summed E-state index contributed by atoms with van der Waals surface area (Å²) in [5, 5.41) is 13.4. The number of fused-ring (bicyclic) bond motifs is 5. The van der Waals surface area contributed by atoms with Crippen LogP contribution in [0.15, 0.2) is 217 Å². The second kappa shape index (κ2) is 15.4. The molecule has 0 saturated heterocycles. The zero-order valence-electron chi connectivity index (χ0n) is 32.0. The predicted molar refractivity (Wildman–Crippen MR) is 246 cm³/mol. The molecule has 3 nitrogen and oxygen atoms in total. The molecule has 276 valence electrons. The molecule has 0 aromatic heterocycles. The van der Waals surface area contributed by atoms with Crippen molar-refractivity contribution in [3.05, 3.63) is 229 Å². The number of hydrogen-bond donors (Lipinski definition) is 2. The van der Waals surface area contributed by atoms with Gasteiger partial charge in [0, 0.05) is 11.8 Å². The molecule has 3 heteroatoms. The smallest absolute Gasteiger partial charge is 0.127 e. The Balaban J connectivity index is 1.13. The molecule has 0 amide bonds. The van der Waals surface area contributed by atoms with E-state index >= 15 is 0 Å². The molecule has 10 aromatic rings. The minimum absolute atomic E-state index is 0.386. The van der Waals surface area contributed by atoms with E-state index in [-0.39, 0.29) is 6.17 Å². The van der Waals surface area contributed by atoms with Gasteiger partial charge in [0.1, 0.15) is 6.17 Å². The van der Waals surface area contributed by atoms with E-state index in [2.05, 4.69) is 181 Å². The van der Waals surface area contributed by atoms with E-state index in [4.69, 9.17) is 10.7 Å². The van der Waals surface area contributed by atoms with Gasteiger partial charge in [-0.25, -0.2) is 0 Å². The van der Waals surface area contributed by atoms with Crippen LogP contribution in [0.3, 0.4) is 0 Å². The molecule has 0 aliphatic heterocycles. The summed E-state index contributed by atoms with van der Waals surface area (Å²) in [7, 11) is 0. The SMILES string of the molecule is NC(NC(N=Cc1ccc(-c2c3ccccc3c(-c3ccccc3)c3ccc4ccccc4c23)c2ccccc12)c1ccc(-c2ccccc2)cc1)c1ccccc1. The Bertz CT molecular complexity index is 3080. The van der Waals surface area contributed by atoms with Crippen molar-refractivity contribution >= 4 is 49.3 Å². The third-order valence-electron chi connectivity index (χ3n) is 11.4. The van der Waals surface area contributed by atoms with Crippen molar-refractivity contribution in [1.82, 2.24) is 5.32 Å². The zero-order chi connectivity index (χ0) is 38.8. The number of nitrogens with two attached hydrogens (primary N) is 1. The van der Waals surface area contributed by atoms with E-state index in [0.29, 0.717) is 0 Å². The molecule has 0 spiro atoms. The maximum Gasteiger partial charge on any atom is 0.127 e. The molecule has 0 radical (unpaired) electrons. The molecule has 3 N–H and O–H groups in total. The van der Waals surface area contributed by atoms with E-state index in [1.807, 2.05) is 42.6 Å². The van der Waals surface area contributed by atoms with Crippen molar-refractivity contribution in [2.75, 3.05) is 0 Å². The van der Waals surface area contributed by atoms with Crippen molar-refractivity contribution in [3.63, 3.8) is 0 Å². The van der Waals surface area contributed by atoms with E-state index in [9.17, 15) is 0 Å². The highest BCUT2D eigenvalue weighted by atomic mass is 15.1. The van der Waals surface area contributed by atoms with Crippen molar-refractivity contribution in [3.8, 4) is 33.4 Å². The first-order valence-corrected chi connectivity index (χ1v) is 19.9. The molecule has 0 aliphatic rings. The van der Waals surface area contributed by atoms with Crippen LogP contribution in [0.4, 0.5) is 0 Å². The molecule has 10 rings (SSSR count). The summed E-state index contributed by atoms with van der Waals surface area (Å²) < 4.78 is 0. The number of aliphatic imine (C=N–C) groups is 1. The first-order chi connectivity index (χ1) is 28.7. The Hall–Kier alpha value is -7.17. The van der Waals surface area contributed by atoms with Gasteiger partial charge in [-0.2, -0.15) is 0 Å². The Labute approximate surface area is 338 Å². The van der Waals surface area contributed by atoms with Gasteiger partial charge in [0.05, 0.1) is 6.17 Å². The van der Waals surface area contributed by atoms with Gasteiger partial charge in [0.2, 0.25) is 0 Å². The third-order valence-corrected chi connectivity index (χ3v) is 11.4. The largest absolute Gasteiger partial charge is 0.312 e. The normalized spacial score (nSPS) is 12.8. The fourth-order valence-electron chi connectivity index (χ4n) is 8.59. The number of benzene rings is 10. The van der Waals surface area contributed by atoms with Crippen LogP contribution in [-0.2, 0) is 0 Å². The lowest BCUT2D eigenvalue weighted by molar-refractivity contribution is 0.467. The quantitative estimate of drug-likeness (QED) is 0.0669. The van der Waals surface area contributed by atoms with Crippen LogP contribution in [0.5, 0.6) is 0 Å². The fourth-order valence-corrected chi connectivity index (χ4v) is 8.59. The first-order valence-electron chi connectivity index (χ1n) is 19.9. The molecule has 0 saturated carbocycles. The van der Waals surface area contributed by atoms with E-state index in [1.54, 1.807) is 0 Å². The topological polar surface area (TPSA) is 50.4 Å². The lowest BCUT2D eigenvalue weighted by Gasteiger charge is -2.22. The average molecular weight is 744 g/mol. The summed E-state index contributed by atoms with van der Waals surface area (Å²) in [5.41, 5.74) is 17.1. The maximum absolute atomic E-state index is 6.79. The number of rotatable bonds is 9. The van der Waals surface area contributed by atoms with Crippen LogP contribution in [0, 0.1) is 0 Å². The Kier molecular flexibility index (Phi) is 9.36. The molecule has 0 aliphatic carbocycles. The maximum atomic E-state index is 6.79. The monoisotopic (exact) mass is 743 g/mol. The molecule has 0 heterocycles. The lowest BCUT2D eigenvalue weighted by atomic mass is 9.82. The Morgan fingerprint density at radius 1 is 0.397 bits per heavy atom. The van der Waals surface area contributed by atoms with Crippen LogP contribution in [0.25, 0.3) is 76.5 Å².